The predicted molar refractivity (Wildman–Crippen MR) is 277 cm³/mol. The Morgan fingerprint density at radius 1 is 0.415 bits per heavy atom. The van der Waals surface area contributed by atoms with Crippen LogP contribution < -0.4 is 21.1 Å². The molecule has 8 aromatic carbocycles. The molecule has 0 saturated heterocycles. The van der Waals surface area contributed by atoms with E-state index in [0.717, 1.165) is 11.4 Å². The third-order valence-electron chi connectivity index (χ3n) is 15.9. The van der Waals surface area contributed by atoms with Crippen molar-refractivity contribution in [3.05, 3.63) is 197 Å². The van der Waals surface area contributed by atoms with E-state index < -0.39 is 0 Å². The molecule has 2 heterocycles. The average Bonchev–Trinajstić information content (AvgIpc) is 3.55. The quantitative estimate of drug-likeness (QED) is 0.174. The first kappa shape index (κ1) is 40.0. The first-order chi connectivity index (χ1) is 31.2. The van der Waals surface area contributed by atoms with Gasteiger partial charge in [-0.15, -0.1) is 0 Å². The lowest BCUT2D eigenvalue weighted by molar-refractivity contribution is 0.331. The van der Waals surface area contributed by atoms with Crippen LogP contribution in [-0.2, 0) is 21.7 Å². The molecule has 2 aliphatic carbocycles. The maximum atomic E-state index is 4.15. The summed E-state index contributed by atoms with van der Waals surface area (Å²) >= 11 is 0. The van der Waals surface area contributed by atoms with Gasteiger partial charge in [-0.05, 0) is 132 Å². The molecule has 0 saturated carbocycles. The highest BCUT2D eigenvalue weighted by atomic mass is 15.2. The average molecular weight is 840 g/mol. The molecule has 4 aliphatic rings. The van der Waals surface area contributed by atoms with Crippen LogP contribution in [0.25, 0.3) is 44.5 Å². The Morgan fingerprint density at radius 2 is 1.05 bits per heavy atom. The summed E-state index contributed by atoms with van der Waals surface area (Å²) in [6.45, 7) is 19.5. The standard InChI is InChI=1S/C62H56BN2/c1-59(2)31-32-60(3,4)49-37-54-50(36-48(49)59)61(5,6)47-26-18-27-51-58(47)65(54)55-35-41(39-21-13-10-14-22-39)33-45(57(55)63-51)43-30-29-40(38-19-11-9-12-20-38)34-53(43)64-52-28-17-24-44-42-23-15-16-25-46(42)62(7,8)56(44)52/h9-30,33-37,64H,31-32H2,1-8H3. The lowest BCUT2D eigenvalue weighted by Gasteiger charge is -2.49. The monoisotopic (exact) mass is 839 g/mol. The Labute approximate surface area is 386 Å². The van der Waals surface area contributed by atoms with Crippen molar-refractivity contribution in [1.29, 1.82) is 0 Å². The topological polar surface area (TPSA) is 15.3 Å². The fourth-order valence-electron chi connectivity index (χ4n) is 12.2. The van der Waals surface area contributed by atoms with Gasteiger partial charge in [0, 0.05) is 39.1 Å². The van der Waals surface area contributed by atoms with E-state index in [0.29, 0.717) is 0 Å². The number of nitrogens with zero attached hydrogens (tertiary/aromatic N) is 1. The smallest absolute Gasteiger partial charge is 0.197 e. The molecular weight excluding hydrogens is 784 g/mol. The summed E-state index contributed by atoms with van der Waals surface area (Å²) < 4.78 is 0. The molecule has 65 heavy (non-hydrogen) atoms. The predicted octanol–water partition coefficient (Wildman–Crippen LogP) is 15.2. The second-order valence-corrected chi connectivity index (χ2v) is 21.5. The maximum Gasteiger partial charge on any atom is 0.197 e. The van der Waals surface area contributed by atoms with Gasteiger partial charge in [-0.2, -0.15) is 0 Å². The van der Waals surface area contributed by atoms with Gasteiger partial charge in [0.25, 0.3) is 0 Å². The highest BCUT2D eigenvalue weighted by Crippen LogP contribution is 2.57. The van der Waals surface area contributed by atoms with Crippen LogP contribution >= 0.6 is 0 Å². The fourth-order valence-corrected chi connectivity index (χ4v) is 12.2. The van der Waals surface area contributed by atoms with Crippen molar-refractivity contribution in [3.8, 4) is 44.5 Å². The van der Waals surface area contributed by atoms with Crippen LogP contribution in [-0.4, -0.2) is 7.28 Å². The minimum atomic E-state index is -0.192. The van der Waals surface area contributed by atoms with E-state index in [1.54, 1.807) is 0 Å². The molecule has 317 valence electrons. The van der Waals surface area contributed by atoms with Crippen LogP contribution in [0.5, 0.6) is 0 Å². The van der Waals surface area contributed by atoms with E-state index in [1.165, 1.54) is 119 Å². The molecule has 3 heteroatoms. The summed E-state index contributed by atoms with van der Waals surface area (Å²) in [5, 5.41) is 4.15. The van der Waals surface area contributed by atoms with Gasteiger partial charge in [0.05, 0.1) is 5.69 Å². The van der Waals surface area contributed by atoms with Crippen LogP contribution in [0.15, 0.2) is 164 Å². The summed E-state index contributed by atoms with van der Waals surface area (Å²) in [7, 11) is 2.48. The van der Waals surface area contributed by atoms with Crippen molar-refractivity contribution in [2.75, 3.05) is 10.2 Å². The van der Waals surface area contributed by atoms with Gasteiger partial charge in [-0.3, -0.25) is 0 Å². The van der Waals surface area contributed by atoms with E-state index in [2.05, 4.69) is 237 Å². The van der Waals surface area contributed by atoms with E-state index in [1.807, 2.05) is 0 Å². The van der Waals surface area contributed by atoms with Crippen molar-refractivity contribution in [3.63, 3.8) is 0 Å². The molecule has 0 spiro atoms. The molecule has 1 radical (unpaired) electrons. The molecule has 0 amide bonds. The molecule has 12 rings (SSSR count). The Kier molecular flexibility index (Phi) is 8.59. The van der Waals surface area contributed by atoms with Gasteiger partial charge in [0.2, 0.25) is 0 Å². The van der Waals surface area contributed by atoms with Crippen molar-refractivity contribution < 1.29 is 0 Å². The van der Waals surface area contributed by atoms with Gasteiger partial charge in [-0.25, -0.2) is 0 Å². The zero-order chi connectivity index (χ0) is 44.6. The van der Waals surface area contributed by atoms with E-state index in [9.17, 15) is 0 Å². The fraction of sp³-hybridized carbons (Fsp3) is 0.226. The van der Waals surface area contributed by atoms with Gasteiger partial charge < -0.3 is 10.2 Å². The lowest BCUT2D eigenvalue weighted by atomic mass is 9.55. The number of fused-ring (bicyclic) bond motifs is 8. The van der Waals surface area contributed by atoms with Crippen molar-refractivity contribution in [2.24, 2.45) is 0 Å². The van der Waals surface area contributed by atoms with Crippen molar-refractivity contribution >= 4 is 46.6 Å². The van der Waals surface area contributed by atoms with E-state index in [-0.39, 0.29) is 21.7 Å². The summed E-state index contributed by atoms with van der Waals surface area (Å²) in [5.41, 5.74) is 26.7. The van der Waals surface area contributed by atoms with Gasteiger partial charge in [-0.1, -0.05) is 194 Å². The molecule has 8 aromatic rings. The molecule has 2 nitrogen and oxygen atoms in total. The molecule has 0 unspecified atom stereocenters. The van der Waals surface area contributed by atoms with Gasteiger partial charge in [0.1, 0.15) is 0 Å². The zero-order valence-electron chi connectivity index (χ0n) is 39.0. The second kappa shape index (κ2) is 14.0. The normalized spacial score (nSPS) is 17.1. The SMILES string of the molecule is CC1(C)CCC(C)(C)c2cc3c(cc21)N1c2cc(-c4ccccc4)cc(-c4ccc(-c5ccccc5)cc4Nc4cccc5c4C(C)(C)c4ccccc4-5)c2[B]c2cccc(c21)C3(C)C. The first-order valence-corrected chi connectivity index (χ1v) is 23.6. The molecule has 0 atom stereocenters. The Balaban J connectivity index is 1.13. The van der Waals surface area contributed by atoms with Crippen molar-refractivity contribution in [1.82, 2.24) is 0 Å². The number of hydrogen-bond donors (Lipinski definition) is 1. The third-order valence-corrected chi connectivity index (χ3v) is 15.9. The Bertz CT molecular complexity index is 3260. The van der Waals surface area contributed by atoms with Gasteiger partial charge in [0.15, 0.2) is 7.28 Å². The molecular formula is C62H56BN2. The highest BCUT2D eigenvalue weighted by Gasteiger charge is 2.45. The number of nitrogens with one attached hydrogen (secondary N) is 1. The number of anilines is 5. The minimum Gasteiger partial charge on any atom is -0.355 e. The van der Waals surface area contributed by atoms with E-state index in [4.69, 9.17) is 0 Å². The highest BCUT2D eigenvalue weighted by molar-refractivity contribution is 6.73. The number of benzene rings is 8. The van der Waals surface area contributed by atoms with E-state index >= 15 is 0 Å². The summed E-state index contributed by atoms with van der Waals surface area (Å²) in [4.78, 5) is 2.66. The van der Waals surface area contributed by atoms with Crippen LogP contribution in [0, 0.1) is 0 Å². The van der Waals surface area contributed by atoms with Crippen LogP contribution in [0.2, 0.25) is 0 Å². The van der Waals surface area contributed by atoms with Gasteiger partial charge >= 0.3 is 0 Å². The Hall–Kier alpha value is -6.58. The summed E-state index contributed by atoms with van der Waals surface area (Å²) in [6, 6.07) is 61.7. The van der Waals surface area contributed by atoms with Crippen LogP contribution in [0.4, 0.5) is 28.4 Å². The third kappa shape index (κ3) is 5.93. The molecule has 0 aromatic heterocycles. The molecule has 1 N–H and O–H groups in total. The Morgan fingerprint density at radius 3 is 1.78 bits per heavy atom. The summed E-state index contributed by atoms with van der Waals surface area (Å²) in [6.07, 6.45) is 2.36. The largest absolute Gasteiger partial charge is 0.355 e. The van der Waals surface area contributed by atoms with Crippen molar-refractivity contribution in [2.45, 2.75) is 89.9 Å². The molecule has 0 fully saturated rings. The summed E-state index contributed by atoms with van der Waals surface area (Å²) in [5.74, 6) is 0. The number of rotatable bonds is 5. The lowest BCUT2D eigenvalue weighted by Crippen LogP contribution is -2.46. The maximum absolute atomic E-state index is 4.15. The minimum absolute atomic E-state index is 0.0697. The molecule has 0 bridgehead atoms. The second-order valence-electron chi connectivity index (χ2n) is 21.5. The number of para-hydroxylation sites is 1. The van der Waals surface area contributed by atoms with Crippen LogP contribution in [0.3, 0.4) is 0 Å². The first-order valence-electron chi connectivity index (χ1n) is 23.6. The molecule has 2 aliphatic heterocycles. The van der Waals surface area contributed by atoms with Crippen LogP contribution in [0.1, 0.15) is 102 Å². The zero-order valence-corrected chi connectivity index (χ0v) is 39.0. The number of hydrogen-bond acceptors (Lipinski definition) is 2.